The Bertz CT molecular complexity index is 1330. The van der Waals surface area contributed by atoms with Crippen LogP contribution >= 0.6 is 23.2 Å². The number of hydrogen-bond donors (Lipinski definition) is 3. The van der Waals surface area contributed by atoms with E-state index in [-0.39, 0.29) is 48.6 Å². The summed E-state index contributed by atoms with van der Waals surface area (Å²) in [6.07, 6.45) is 0.289. The van der Waals surface area contributed by atoms with Crippen molar-refractivity contribution < 1.29 is 32.2 Å². The summed E-state index contributed by atoms with van der Waals surface area (Å²) in [6.45, 7) is 3.76. The molecule has 2 aromatic carbocycles. The summed E-state index contributed by atoms with van der Waals surface area (Å²) in [5.41, 5.74) is 2.89. The third-order valence-electron chi connectivity index (χ3n) is 6.77. The fourth-order valence-electron chi connectivity index (χ4n) is 4.61. The normalized spacial score (nSPS) is 15.2. The molecular formula is C29H40Cl2N4O7S. The second kappa shape index (κ2) is 17.9. The molecule has 2 amide bonds. The van der Waals surface area contributed by atoms with E-state index in [1.807, 2.05) is 19.2 Å². The molecule has 1 heterocycles. The molecule has 2 aromatic rings. The van der Waals surface area contributed by atoms with Gasteiger partial charge in [-0.2, -0.15) is 0 Å². The lowest BCUT2D eigenvalue weighted by Gasteiger charge is -2.33. The minimum atomic E-state index is -3.74. The van der Waals surface area contributed by atoms with Gasteiger partial charge in [0, 0.05) is 62.0 Å². The van der Waals surface area contributed by atoms with E-state index in [1.54, 1.807) is 24.3 Å². The van der Waals surface area contributed by atoms with Crippen LogP contribution in [0.25, 0.3) is 0 Å². The van der Waals surface area contributed by atoms with Crippen molar-refractivity contribution in [3.05, 3.63) is 63.1 Å². The predicted molar refractivity (Wildman–Crippen MR) is 165 cm³/mol. The second-order valence-electron chi connectivity index (χ2n) is 10.0. The Morgan fingerprint density at radius 2 is 1.58 bits per heavy atom. The number of sulfonamides is 1. The highest BCUT2D eigenvalue weighted by atomic mass is 35.5. The van der Waals surface area contributed by atoms with Gasteiger partial charge in [-0.1, -0.05) is 35.3 Å². The molecule has 3 rings (SSSR count). The number of benzene rings is 2. The van der Waals surface area contributed by atoms with Gasteiger partial charge < -0.3 is 29.7 Å². The van der Waals surface area contributed by atoms with Crippen LogP contribution in [-0.4, -0.2) is 98.5 Å². The van der Waals surface area contributed by atoms with Crippen molar-refractivity contribution in [3.63, 3.8) is 0 Å². The molecule has 0 fully saturated rings. The van der Waals surface area contributed by atoms with Crippen LogP contribution in [0.5, 0.6) is 0 Å². The third kappa shape index (κ3) is 11.6. The van der Waals surface area contributed by atoms with E-state index in [1.165, 1.54) is 7.05 Å². The zero-order valence-electron chi connectivity index (χ0n) is 24.5. The lowest BCUT2D eigenvalue weighted by atomic mass is 9.85. The SMILES string of the molecule is CNC(=O)CCC(=O)NCCOCCOCCOCCNS(=O)(=O)c1cccc(C2CN(C)Cc3c(Cl)cc(Cl)cc32)c1. The Kier molecular flexibility index (Phi) is 14.6. The number of ether oxygens (including phenoxy) is 3. The summed E-state index contributed by atoms with van der Waals surface area (Å²) in [7, 11) is -0.209. The van der Waals surface area contributed by atoms with Crippen LogP contribution in [0.15, 0.2) is 41.3 Å². The quantitative estimate of drug-likeness (QED) is 0.208. The molecule has 0 saturated carbocycles. The average Bonchev–Trinajstić information content (AvgIpc) is 2.98. The molecule has 0 spiro atoms. The van der Waals surface area contributed by atoms with Crippen LogP contribution in [0.2, 0.25) is 10.0 Å². The molecule has 0 aromatic heterocycles. The molecular weight excluding hydrogens is 619 g/mol. The van der Waals surface area contributed by atoms with E-state index < -0.39 is 10.0 Å². The van der Waals surface area contributed by atoms with E-state index in [0.717, 1.165) is 16.7 Å². The van der Waals surface area contributed by atoms with Gasteiger partial charge in [0.15, 0.2) is 0 Å². The number of nitrogens with one attached hydrogen (secondary N) is 3. The van der Waals surface area contributed by atoms with Crippen molar-refractivity contribution in [2.75, 3.05) is 73.4 Å². The lowest BCUT2D eigenvalue weighted by molar-refractivity contribution is -0.126. The molecule has 1 unspecified atom stereocenters. The molecule has 0 saturated heterocycles. The number of carbonyl (C=O) groups is 2. The van der Waals surface area contributed by atoms with Crippen molar-refractivity contribution >= 4 is 45.0 Å². The molecule has 1 atom stereocenters. The summed E-state index contributed by atoms with van der Waals surface area (Å²) in [4.78, 5) is 25.0. The first kappa shape index (κ1) is 35.2. The van der Waals surface area contributed by atoms with E-state index in [2.05, 4.69) is 20.3 Å². The maximum absolute atomic E-state index is 13.0. The zero-order chi connectivity index (χ0) is 31.2. The van der Waals surface area contributed by atoms with Gasteiger partial charge in [-0.05, 0) is 48.0 Å². The van der Waals surface area contributed by atoms with Crippen LogP contribution in [0.4, 0.5) is 0 Å². The highest BCUT2D eigenvalue weighted by molar-refractivity contribution is 7.89. The lowest BCUT2D eigenvalue weighted by Crippen LogP contribution is -2.31. The van der Waals surface area contributed by atoms with Crippen LogP contribution in [0.1, 0.15) is 35.4 Å². The van der Waals surface area contributed by atoms with Gasteiger partial charge in [0.1, 0.15) is 0 Å². The predicted octanol–water partition coefficient (Wildman–Crippen LogP) is 2.54. The number of fused-ring (bicyclic) bond motifs is 1. The van der Waals surface area contributed by atoms with Crippen molar-refractivity contribution in [1.29, 1.82) is 0 Å². The Balaban J connectivity index is 1.31. The van der Waals surface area contributed by atoms with Gasteiger partial charge >= 0.3 is 0 Å². The van der Waals surface area contributed by atoms with Crippen LogP contribution in [0.3, 0.4) is 0 Å². The van der Waals surface area contributed by atoms with Gasteiger partial charge in [0.05, 0.1) is 44.5 Å². The van der Waals surface area contributed by atoms with Gasteiger partial charge in [0.25, 0.3) is 0 Å². The first-order chi connectivity index (χ1) is 20.6. The first-order valence-corrected chi connectivity index (χ1v) is 16.3. The Morgan fingerprint density at radius 3 is 2.28 bits per heavy atom. The highest BCUT2D eigenvalue weighted by Gasteiger charge is 2.28. The number of nitrogens with zero attached hydrogens (tertiary/aromatic N) is 1. The van der Waals surface area contributed by atoms with Gasteiger partial charge in [-0.15, -0.1) is 0 Å². The van der Waals surface area contributed by atoms with Crippen molar-refractivity contribution in [2.24, 2.45) is 0 Å². The summed E-state index contributed by atoms with van der Waals surface area (Å²) in [5.74, 6) is -0.449. The third-order valence-corrected chi connectivity index (χ3v) is 8.79. The number of halogens is 2. The molecule has 1 aliphatic rings. The number of hydrogen-bond acceptors (Lipinski definition) is 8. The second-order valence-corrected chi connectivity index (χ2v) is 12.6. The van der Waals surface area contributed by atoms with Crippen molar-refractivity contribution in [1.82, 2.24) is 20.3 Å². The summed E-state index contributed by atoms with van der Waals surface area (Å²) < 4.78 is 44.8. The molecule has 1 aliphatic heterocycles. The number of amides is 2. The zero-order valence-corrected chi connectivity index (χ0v) is 26.8. The molecule has 3 N–H and O–H groups in total. The summed E-state index contributed by atoms with van der Waals surface area (Å²) in [5, 5.41) is 6.30. The van der Waals surface area contributed by atoms with Crippen molar-refractivity contribution in [3.8, 4) is 0 Å². The topological polar surface area (TPSA) is 135 Å². The standard InChI is InChI=1S/C29H40Cl2N4O7S/c1-32-28(36)6-7-29(37)33-8-10-40-12-14-42-15-13-41-11-9-34-43(38,39)23-5-3-4-21(16-23)25-19-35(2)20-26-24(25)17-22(30)18-27(26)31/h3-5,16-18,25,34H,6-15,19-20H2,1-2H3,(H,32,36)(H,33,37). The Morgan fingerprint density at radius 1 is 0.930 bits per heavy atom. The molecule has 14 heteroatoms. The van der Waals surface area contributed by atoms with Crippen LogP contribution < -0.4 is 15.4 Å². The van der Waals surface area contributed by atoms with Gasteiger partial charge in [0.2, 0.25) is 21.8 Å². The first-order valence-electron chi connectivity index (χ1n) is 14.1. The number of rotatable bonds is 18. The average molecular weight is 660 g/mol. The van der Waals surface area contributed by atoms with E-state index >= 15 is 0 Å². The fourth-order valence-corrected chi connectivity index (χ4v) is 6.24. The summed E-state index contributed by atoms with van der Waals surface area (Å²) in [6, 6.07) is 10.6. The maximum Gasteiger partial charge on any atom is 0.240 e. The molecule has 238 valence electrons. The van der Waals surface area contributed by atoms with Crippen LogP contribution in [-0.2, 0) is 40.4 Å². The van der Waals surface area contributed by atoms with E-state index in [4.69, 9.17) is 37.4 Å². The number of likely N-dealkylation sites (N-methyl/N-ethyl adjacent to an activating group) is 1. The van der Waals surface area contributed by atoms with Crippen molar-refractivity contribution in [2.45, 2.75) is 30.2 Å². The molecule has 0 radical (unpaired) electrons. The minimum absolute atomic E-state index is 0.0685. The Labute approximate surface area is 263 Å². The highest BCUT2D eigenvalue weighted by Crippen LogP contribution is 2.38. The fraction of sp³-hybridized carbons (Fsp3) is 0.517. The van der Waals surface area contributed by atoms with E-state index in [0.29, 0.717) is 62.7 Å². The van der Waals surface area contributed by atoms with Gasteiger partial charge in [-0.25, -0.2) is 13.1 Å². The molecule has 11 nitrogen and oxygen atoms in total. The summed E-state index contributed by atoms with van der Waals surface area (Å²) >= 11 is 12.8. The molecule has 43 heavy (non-hydrogen) atoms. The number of carbonyl (C=O) groups excluding carboxylic acids is 2. The monoisotopic (exact) mass is 658 g/mol. The van der Waals surface area contributed by atoms with Gasteiger partial charge in [-0.3, -0.25) is 9.59 Å². The molecule has 0 aliphatic carbocycles. The minimum Gasteiger partial charge on any atom is -0.378 e. The maximum atomic E-state index is 13.0. The smallest absolute Gasteiger partial charge is 0.240 e. The molecule has 0 bridgehead atoms. The Hall–Kier alpha value is -2.29. The van der Waals surface area contributed by atoms with E-state index in [9.17, 15) is 18.0 Å². The largest absolute Gasteiger partial charge is 0.378 e. The van der Waals surface area contributed by atoms with Crippen LogP contribution in [0, 0.1) is 0 Å².